The standard InChI is InChI=1S/4C8H21N2O2.ClH.H3O4P/c4*1-10(2,6-3-5-9)7-4-8(11)12;;1-5(2,3)4/h4*8,11-12H,3-7,9H2,1-2H3;1H;(H3,1,2,3,4)/q4*+1;;/p-4. The Labute approximate surface area is 332 Å². The fourth-order valence-corrected chi connectivity index (χ4v) is 4.38. The van der Waals surface area contributed by atoms with Gasteiger partial charge in [-0.05, 0) is 26.2 Å². The summed E-state index contributed by atoms with van der Waals surface area (Å²) < 4.78 is 11.8. The van der Waals surface area contributed by atoms with E-state index in [4.69, 9.17) is 83.0 Å². The maximum Gasteiger partial charge on any atom is 0.156 e. The fourth-order valence-electron chi connectivity index (χ4n) is 4.38. The molecule has 0 bridgehead atoms. The Balaban J connectivity index is -0.000000136. The summed E-state index contributed by atoms with van der Waals surface area (Å²) in [7, 11) is 11.2. The molecule has 0 saturated heterocycles. The summed E-state index contributed by atoms with van der Waals surface area (Å²) in [6.07, 6.45) is 0.914. The van der Waals surface area contributed by atoms with Crippen LogP contribution in [-0.4, -0.2) is 219 Å². The number of hydrogen-bond acceptors (Lipinski definition) is 16. The Kier molecular flexibility index (Phi) is 45.0. The third-order valence-electron chi connectivity index (χ3n) is 7.84. The van der Waals surface area contributed by atoms with Gasteiger partial charge in [0.25, 0.3) is 0 Å². The number of phosphoric acid groups is 1. The van der Waals surface area contributed by atoms with Crippen LogP contribution in [0.15, 0.2) is 0 Å². The number of aliphatic hydroxyl groups excluding tert-OH is 4. The lowest BCUT2D eigenvalue weighted by atomic mass is 10.3. The van der Waals surface area contributed by atoms with Crippen molar-refractivity contribution in [1.82, 2.24) is 0 Å². The second-order valence-corrected chi connectivity index (χ2v) is 16.5. The largest absolute Gasteiger partial charge is 1.00 e. The first-order valence-electron chi connectivity index (χ1n) is 18.2. The molecule has 0 heterocycles. The van der Waals surface area contributed by atoms with Gasteiger partial charge < -0.3 is 113 Å². The van der Waals surface area contributed by atoms with Gasteiger partial charge in [-0.2, -0.15) is 7.82 Å². The third-order valence-corrected chi connectivity index (χ3v) is 7.84. The predicted octanol–water partition coefficient (Wildman–Crippen LogP) is -9.37. The third kappa shape index (κ3) is 69.6. The normalized spacial score (nSPS) is 12.2. The van der Waals surface area contributed by atoms with Crippen molar-refractivity contribution in [1.29, 1.82) is 0 Å². The summed E-state index contributed by atoms with van der Waals surface area (Å²) >= 11 is 0. The smallest absolute Gasteiger partial charge is 0.156 e. The number of quaternary nitrogens is 4. The number of nitrogens with zero attached hydrogens (tertiary/aromatic N) is 4. The highest BCUT2D eigenvalue weighted by Gasteiger charge is 2.17. The quantitative estimate of drug-likeness (QED) is 0.0244. The van der Waals surface area contributed by atoms with E-state index in [0.29, 0.717) is 51.9 Å². The van der Waals surface area contributed by atoms with Crippen molar-refractivity contribution >= 4 is 7.82 Å². The summed E-state index contributed by atoms with van der Waals surface area (Å²) in [5.74, 6) is 0. The molecule has 0 aromatic heterocycles. The second kappa shape index (κ2) is 37.1. The van der Waals surface area contributed by atoms with Crippen molar-refractivity contribution in [3.8, 4) is 0 Å². The van der Waals surface area contributed by atoms with Gasteiger partial charge in [0.15, 0.2) is 25.2 Å². The summed E-state index contributed by atoms with van der Waals surface area (Å²) in [5.41, 5.74) is 21.5. The minimum atomic E-state index is -5.39. The summed E-state index contributed by atoms with van der Waals surface area (Å²) in [4.78, 5) is 25.6. The van der Waals surface area contributed by atoms with E-state index < -0.39 is 33.0 Å². The molecule has 0 saturated carbocycles. The van der Waals surface area contributed by atoms with Crippen LogP contribution in [0.3, 0.4) is 0 Å². The van der Waals surface area contributed by atoms with Crippen molar-refractivity contribution in [2.75, 3.05) is 135 Å². The molecule has 0 amide bonds. The van der Waals surface area contributed by atoms with Crippen LogP contribution in [0, 0.1) is 0 Å². The molecule has 54 heavy (non-hydrogen) atoms. The summed E-state index contributed by atoms with van der Waals surface area (Å²) in [6, 6.07) is 0. The lowest BCUT2D eigenvalue weighted by Crippen LogP contribution is -3.00. The van der Waals surface area contributed by atoms with Crippen molar-refractivity contribution in [2.24, 2.45) is 22.9 Å². The molecule has 0 unspecified atom stereocenters. The van der Waals surface area contributed by atoms with E-state index in [1.165, 1.54) is 0 Å². The number of nitrogens with two attached hydrogens (primary N) is 4. The van der Waals surface area contributed by atoms with Gasteiger partial charge in [0.05, 0.1) is 109 Å². The van der Waals surface area contributed by atoms with Gasteiger partial charge in [-0.3, -0.25) is 0 Å². The van der Waals surface area contributed by atoms with Gasteiger partial charge in [-0.1, -0.05) is 0 Å². The van der Waals surface area contributed by atoms with E-state index in [1.54, 1.807) is 0 Å². The van der Waals surface area contributed by atoms with Gasteiger partial charge in [0, 0.05) is 51.4 Å². The van der Waals surface area contributed by atoms with Crippen LogP contribution in [0.4, 0.5) is 0 Å². The summed E-state index contributed by atoms with van der Waals surface area (Å²) in [5, 5.41) is 69.3. The fraction of sp³-hybridized carbons (Fsp3) is 1.00. The maximum atomic E-state index is 8.66. The molecule has 0 aliphatic heterocycles. The average Bonchev–Trinajstić information content (AvgIpc) is 3.01. The van der Waals surface area contributed by atoms with Gasteiger partial charge >= 0.3 is 0 Å². The predicted molar refractivity (Wildman–Crippen MR) is 201 cm³/mol. The molecule has 0 aliphatic rings. The molecule has 20 nitrogen and oxygen atoms in total. The first kappa shape index (κ1) is 65.6. The number of hydrogen-bond donors (Lipinski definition) is 12. The Bertz CT molecular complexity index is 725. The Morgan fingerprint density at radius 1 is 0.407 bits per heavy atom. The minimum absolute atomic E-state index is 0. The van der Waals surface area contributed by atoms with Crippen molar-refractivity contribution < 1.29 is 90.4 Å². The van der Waals surface area contributed by atoms with E-state index in [1.807, 2.05) is 0 Å². The zero-order chi connectivity index (χ0) is 43.0. The zero-order valence-corrected chi connectivity index (χ0v) is 36.2. The van der Waals surface area contributed by atoms with Crippen LogP contribution in [0.2, 0.25) is 0 Å². The molecule has 0 fully saturated rings. The number of halogens is 1. The zero-order valence-electron chi connectivity index (χ0n) is 34.6. The van der Waals surface area contributed by atoms with Crippen molar-refractivity contribution in [3.05, 3.63) is 0 Å². The van der Waals surface area contributed by atoms with Crippen LogP contribution in [-0.2, 0) is 4.57 Å². The number of rotatable bonds is 24. The van der Waals surface area contributed by atoms with Gasteiger partial charge in [0.1, 0.15) is 0 Å². The highest BCUT2D eigenvalue weighted by atomic mass is 35.5. The Morgan fingerprint density at radius 2 is 0.537 bits per heavy atom. The van der Waals surface area contributed by atoms with Crippen LogP contribution < -0.4 is 50.0 Å². The molecule has 0 aromatic rings. The minimum Gasteiger partial charge on any atom is -1.00 e. The topological polar surface area (TPSA) is 352 Å². The molecule has 0 radical (unpaired) electrons. The van der Waals surface area contributed by atoms with E-state index in [9.17, 15) is 0 Å². The lowest BCUT2D eigenvalue weighted by Gasteiger charge is -2.36. The van der Waals surface area contributed by atoms with Crippen LogP contribution in [0.1, 0.15) is 51.4 Å². The van der Waals surface area contributed by atoms with E-state index in [0.717, 1.165) is 96.0 Å². The second-order valence-electron chi connectivity index (χ2n) is 15.6. The molecule has 0 rings (SSSR count). The number of aliphatic hydroxyl groups is 8. The highest BCUT2D eigenvalue weighted by molar-refractivity contribution is 7.40. The molecule has 0 aliphatic carbocycles. The van der Waals surface area contributed by atoms with E-state index in [2.05, 4.69) is 56.4 Å². The van der Waals surface area contributed by atoms with E-state index in [-0.39, 0.29) is 12.4 Å². The van der Waals surface area contributed by atoms with Gasteiger partial charge in [0.2, 0.25) is 0 Å². The Hall–Kier alpha value is -0.240. The van der Waals surface area contributed by atoms with Crippen LogP contribution >= 0.6 is 7.82 Å². The lowest BCUT2D eigenvalue weighted by molar-refractivity contribution is -0.891. The molecule has 336 valence electrons. The molecule has 0 spiro atoms. The van der Waals surface area contributed by atoms with Crippen LogP contribution in [0.25, 0.3) is 0 Å². The van der Waals surface area contributed by atoms with E-state index >= 15 is 0 Å². The van der Waals surface area contributed by atoms with Crippen LogP contribution in [0.5, 0.6) is 0 Å². The van der Waals surface area contributed by atoms with Gasteiger partial charge in [-0.15, -0.1) is 0 Å². The molecule has 0 atom stereocenters. The molecular weight excluding hydrogens is 755 g/mol. The summed E-state index contributed by atoms with van der Waals surface area (Å²) in [6.45, 7) is 9.85. The maximum absolute atomic E-state index is 8.66. The Morgan fingerprint density at radius 3 is 0.630 bits per heavy atom. The molecular formula is C32H84ClN8O12P. The SMILES string of the molecule is C[N+](C)(CCCN)CCC(O)O.C[N+](C)(CCCN)CCC(O)O.C[N+](C)(CCCN)CCC(O)O.C[N+](C)(CCCN)CCC(O)O.O=P([O-])([O-])[O-].[Cl-]. The van der Waals surface area contributed by atoms with Crippen molar-refractivity contribution in [3.63, 3.8) is 0 Å². The monoisotopic (exact) mass is 839 g/mol. The average molecular weight is 839 g/mol. The first-order chi connectivity index (χ1) is 23.9. The molecule has 22 heteroatoms. The highest BCUT2D eigenvalue weighted by Crippen LogP contribution is 2.05. The molecule has 0 aromatic carbocycles. The first-order valence-corrected chi connectivity index (χ1v) is 19.6. The van der Waals surface area contributed by atoms with Crippen molar-refractivity contribution in [2.45, 2.75) is 76.5 Å². The molecule has 16 N–H and O–H groups in total. The van der Waals surface area contributed by atoms with Gasteiger partial charge in [-0.25, -0.2) is 0 Å².